The summed E-state index contributed by atoms with van der Waals surface area (Å²) in [6.07, 6.45) is 5.03. The van der Waals surface area contributed by atoms with Crippen LogP contribution in [0, 0.1) is 6.92 Å². The van der Waals surface area contributed by atoms with Gasteiger partial charge in [-0.25, -0.2) is 24.9 Å². The molecule has 0 radical (unpaired) electrons. The normalized spacial score (nSPS) is 10.6. The van der Waals surface area contributed by atoms with E-state index in [1.807, 2.05) is 49.4 Å². The zero-order valence-electron chi connectivity index (χ0n) is 18.5. The van der Waals surface area contributed by atoms with Gasteiger partial charge in [-0.3, -0.25) is 4.79 Å². The Bertz CT molecular complexity index is 1240. The number of aryl methyl sites for hydroxylation is 2. The van der Waals surface area contributed by atoms with Gasteiger partial charge in [-0.05, 0) is 48.7 Å². The number of esters is 1. The Morgan fingerprint density at radius 3 is 2.36 bits per heavy atom. The first-order valence-corrected chi connectivity index (χ1v) is 10.6. The number of carbonyl (C=O) groups excluding carboxylic acids is 1. The van der Waals surface area contributed by atoms with Crippen molar-refractivity contribution in [3.8, 4) is 11.5 Å². The fourth-order valence-electron chi connectivity index (χ4n) is 3.26. The van der Waals surface area contributed by atoms with Crippen LogP contribution in [0.4, 0.5) is 11.6 Å². The first-order valence-electron chi connectivity index (χ1n) is 10.6. The number of carbonyl (C=O) groups is 1. The van der Waals surface area contributed by atoms with Crippen LogP contribution in [0.5, 0.6) is 0 Å². The molecule has 0 aliphatic rings. The van der Waals surface area contributed by atoms with E-state index >= 15 is 0 Å². The van der Waals surface area contributed by atoms with Crippen LogP contribution in [0.1, 0.15) is 29.1 Å². The maximum Gasteiger partial charge on any atom is 0.305 e. The highest BCUT2D eigenvalue weighted by Crippen LogP contribution is 2.17. The Labute approximate surface area is 192 Å². The summed E-state index contributed by atoms with van der Waals surface area (Å²) in [5.41, 5.74) is 3.80. The molecule has 0 saturated heterocycles. The third-order valence-corrected chi connectivity index (χ3v) is 4.97. The number of rotatable bonds is 8. The maximum atomic E-state index is 11.3. The number of ether oxygens (including phenoxy) is 1. The van der Waals surface area contributed by atoms with Crippen LogP contribution >= 0.6 is 0 Å². The van der Waals surface area contributed by atoms with Crippen molar-refractivity contribution in [1.82, 2.24) is 24.9 Å². The number of hydrogen-bond donors (Lipinski definition) is 1. The monoisotopic (exact) mass is 440 g/mol. The van der Waals surface area contributed by atoms with Gasteiger partial charge in [0.05, 0.1) is 7.11 Å². The average Bonchev–Trinajstić information content (AvgIpc) is 2.84. The van der Waals surface area contributed by atoms with Gasteiger partial charge in [-0.2, -0.15) is 0 Å². The first-order chi connectivity index (χ1) is 16.1. The van der Waals surface area contributed by atoms with Crippen LogP contribution in [0.3, 0.4) is 0 Å². The van der Waals surface area contributed by atoms with E-state index in [2.05, 4.69) is 35.0 Å². The number of aromatic nitrogens is 5. The molecule has 0 aliphatic carbocycles. The second kappa shape index (κ2) is 10.4. The Kier molecular flexibility index (Phi) is 6.94. The Hall–Kier alpha value is -4.20. The fraction of sp³-hybridized carbons (Fsp3) is 0.200. The lowest BCUT2D eigenvalue weighted by Crippen LogP contribution is -2.03. The summed E-state index contributed by atoms with van der Waals surface area (Å²) in [5.74, 6) is 2.31. The number of anilines is 2. The molecule has 1 aromatic carbocycles. The van der Waals surface area contributed by atoms with E-state index in [1.165, 1.54) is 7.11 Å². The number of benzene rings is 1. The van der Waals surface area contributed by atoms with E-state index in [1.54, 1.807) is 24.5 Å². The molecular formula is C25H24N6O2. The van der Waals surface area contributed by atoms with Crippen LogP contribution < -0.4 is 5.32 Å². The van der Waals surface area contributed by atoms with E-state index in [0.717, 1.165) is 22.5 Å². The lowest BCUT2D eigenvalue weighted by atomic mass is 10.1. The van der Waals surface area contributed by atoms with Gasteiger partial charge in [0.2, 0.25) is 0 Å². The number of hydrogen-bond acceptors (Lipinski definition) is 8. The van der Waals surface area contributed by atoms with Crippen molar-refractivity contribution in [2.45, 2.75) is 26.2 Å². The number of nitrogens with one attached hydrogen (secondary N) is 1. The summed E-state index contributed by atoms with van der Waals surface area (Å²) in [5, 5.41) is 3.22. The van der Waals surface area contributed by atoms with Crippen LogP contribution in [0.2, 0.25) is 0 Å². The predicted octanol–water partition coefficient (Wildman–Crippen LogP) is 4.08. The van der Waals surface area contributed by atoms with E-state index in [4.69, 9.17) is 0 Å². The van der Waals surface area contributed by atoms with Crippen molar-refractivity contribution < 1.29 is 9.53 Å². The van der Waals surface area contributed by atoms with E-state index < -0.39 is 0 Å². The smallest absolute Gasteiger partial charge is 0.305 e. The molecule has 0 atom stereocenters. The summed E-state index contributed by atoms with van der Waals surface area (Å²) in [4.78, 5) is 33.7. The molecule has 0 amide bonds. The van der Waals surface area contributed by atoms with Crippen molar-refractivity contribution in [3.63, 3.8) is 0 Å². The van der Waals surface area contributed by atoms with Gasteiger partial charge in [0.15, 0.2) is 5.82 Å². The molecule has 4 rings (SSSR count). The molecule has 4 aromatic rings. The summed E-state index contributed by atoms with van der Waals surface area (Å²) in [7, 11) is 1.40. The third-order valence-electron chi connectivity index (χ3n) is 4.97. The molecule has 0 fully saturated rings. The van der Waals surface area contributed by atoms with Gasteiger partial charge < -0.3 is 10.1 Å². The van der Waals surface area contributed by atoms with Crippen LogP contribution in [-0.4, -0.2) is 38.0 Å². The molecule has 8 nitrogen and oxygen atoms in total. The third kappa shape index (κ3) is 6.16. The Morgan fingerprint density at radius 1 is 0.879 bits per heavy atom. The average molecular weight is 441 g/mol. The standard InChI is InChI=1S/C25H24N6O2/c1-17-4-3-5-20(28-17)25-27-15-13-22(31-25)29-21-12-14-26-23(30-21)16-19-8-6-18(7-9-19)10-11-24(32)33-2/h3-9,12-15H,10-11,16H2,1-2H3,(H,26,27,29,30,31). The van der Waals surface area contributed by atoms with Gasteiger partial charge in [0.25, 0.3) is 0 Å². The van der Waals surface area contributed by atoms with Crippen molar-refractivity contribution >= 4 is 17.6 Å². The van der Waals surface area contributed by atoms with Crippen LogP contribution in [0.25, 0.3) is 11.5 Å². The zero-order valence-corrected chi connectivity index (χ0v) is 18.5. The van der Waals surface area contributed by atoms with Gasteiger partial charge >= 0.3 is 5.97 Å². The molecule has 0 bridgehead atoms. The van der Waals surface area contributed by atoms with Crippen LogP contribution in [0.15, 0.2) is 67.0 Å². The second-order valence-corrected chi connectivity index (χ2v) is 7.48. The Balaban J connectivity index is 1.42. The van der Waals surface area contributed by atoms with Gasteiger partial charge in [-0.15, -0.1) is 0 Å². The minimum atomic E-state index is -0.206. The summed E-state index contributed by atoms with van der Waals surface area (Å²) in [6.45, 7) is 1.93. The molecule has 0 spiro atoms. The molecule has 0 unspecified atom stereocenters. The molecule has 8 heteroatoms. The van der Waals surface area contributed by atoms with Gasteiger partial charge in [0.1, 0.15) is 23.2 Å². The quantitative estimate of drug-likeness (QED) is 0.409. The summed E-state index contributed by atoms with van der Waals surface area (Å²) in [6, 6.07) is 17.4. The number of pyridine rings is 1. The molecular weight excluding hydrogens is 416 g/mol. The molecule has 0 saturated carbocycles. The SMILES string of the molecule is COC(=O)CCc1ccc(Cc2nccc(Nc3ccnc(-c4cccc(C)n4)n3)n2)cc1. The highest BCUT2D eigenvalue weighted by atomic mass is 16.5. The molecule has 0 aliphatic heterocycles. The maximum absolute atomic E-state index is 11.3. The second-order valence-electron chi connectivity index (χ2n) is 7.48. The first kappa shape index (κ1) is 22.0. The highest BCUT2D eigenvalue weighted by molar-refractivity contribution is 5.69. The largest absolute Gasteiger partial charge is 0.469 e. The minimum absolute atomic E-state index is 0.206. The molecule has 166 valence electrons. The predicted molar refractivity (Wildman–Crippen MR) is 125 cm³/mol. The zero-order chi connectivity index (χ0) is 23.0. The number of nitrogens with zero attached hydrogens (tertiary/aromatic N) is 5. The van der Waals surface area contributed by atoms with Gasteiger partial charge in [0, 0.05) is 30.9 Å². The van der Waals surface area contributed by atoms with Crippen molar-refractivity contribution in [2.24, 2.45) is 0 Å². The minimum Gasteiger partial charge on any atom is -0.469 e. The van der Waals surface area contributed by atoms with Crippen molar-refractivity contribution in [2.75, 3.05) is 12.4 Å². The molecule has 3 heterocycles. The molecule has 33 heavy (non-hydrogen) atoms. The van der Waals surface area contributed by atoms with E-state index in [0.29, 0.717) is 42.5 Å². The Morgan fingerprint density at radius 2 is 1.61 bits per heavy atom. The number of methoxy groups -OCH3 is 1. The van der Waals surface area contributed by atoms with Crippen molar-refractivity contribution in [3.05, 3.63) is 89.6 Å². The topological polar surface area (TPSA) is 103 Å². The summed E-state index contributed by atoms with van der Waals surface area (Å²) >= 11 is 0. The summed E-state index contributed by atoms with van der Waals surface area (Å²) < 4.78 is 4.69. The highest BCUT2D eigenvalue weighted by Gasteiger charge is 2.07. The fourth-order valence-corrected chi connectivity index (χ4v) is 3.26. The molecule has 1 N–H and O–H groups in total. The van der Waals surface area contributed by atoms with E-state index in [9.17, 15) is 4.79 Å². The van der Waals surface area contributed by atoms with Gasteiger partial charge in [-0.1, -0.05) is 30.3 Å². The van der Waals surface area contributed by atoms with Crippen LogP contribution in [-0.2, 0) is 22.4 Å². The lowest BCUT2D eigenvalue weighted by molar-refractivity contribution is -0.140. The van der Waals surface area contributed by atoms with E-state index in [-0.39, 0.29) is 5.97 Å². The molecule has 3 aromatic heterocycles. The lowest BCUT2D eigenvalue weighted by Gasteiger charge is -2.08. The van der Waals surface area contributed by atoms with Crippen molar-refractivity contribution in [1.29, 1.82) is 0 Å².